The zero-order valence-corrected chi connectivity index (χ0v) is 13.5. The average molecular weight is 328 g/mol. The lowest BCUT2D eigenvalue weighted by molar-refractivity contribution is 0.0112. The summed E-state index contributed by atoms with van der Waals surface area (Å²) in [5, 5.41) is 13.8. The summed E-state index contributed by atoms with van der Waals surface area (Å²) in [4.78, 5) is 14.9. The Balaban J connectivity index is 1.41. The minimum atomic E-state index is -0.805. The summed E-state index contributed by atoms with van der Waals surface area (Å²) in [6.45, 7) is 2.15. The van der Waals surface area contributed by atoms with Crippen molar-refractivity contribution in [3.63, 3.8) is 0 Å². The maximum absolute atomic E-state index is 11.2. The molecular formula is C17H20N4O3. The van der Waals surface area contributed by atoms with Crippen molar-refractivity contribution in [2.75, 3.05) is 25.1 Å². The Labute approximate surface area is 140 Å². The Morgan fingerprint density at radius 3 is 2.58 bits per heavy atom. The summed E-state index contributed by atoms with van der Waals surface area (Å²) >= 11 is 0. The van der Waals surface area contributed by atoms with Crippen LogP contribution in [0.2, 0.25) is 0 Å². The molecule has 5 rings (SSSR count). The number of carboxylic acid groups (broad SMARTS) is 1. The molecule has 3 aliphatic rings. The van der Waals surface area contributed by atoms with Crippen molar-refractivity contribution in [1.82, 2.24) is 14.7 Å². The lowest BCUT2D eigenvalue weighted by atomic mass is 9.88. The minimum absolute atomic E-state index is 0.105. The molecule has 7 heteroatoms. The number of amides is 1. The van der Waals surface area contributed by atoms with Gasteiger partial charge in [-0.1, -0.05) is 12.1 Å². The standard InChI is InChI=1S/C17H20N4O3/c1-24-15-4-2-12(3-5-15)9-20-7-6-16(18-20)19-10-13-8-14(11-19)21(13)17(22)23/h2-7,13-14H,8-11H2,1H3,(H,22,23). The van der Waals surface area contributed by atoms with E-state index in [0.717, 1.165) is 36.6 Å². The van der Waals surface area contributed by atoms with Crippen molar-refractivity contribution in [3.8, 4) is 5.75 Å². The lowest BCUT2D eigenvalue weighted by Crippen LogP contribution is -2.70. The predicted octanol–water partition coefficient (Wildman–Crippen LogP) is 1.88. The second kappa shape index (κ2) is 5.74. The van der Waals surface area contributed by atoms with Crippen LogP contribution in [-0.2, 0) is 6.54 Å². The van der Waals surface area contributed by atoms with E-state index in [1.54, 1.807) is 12.0 Å². The number of piperidine rings is 1. The summed E-state index contributed by atoms with van der Waals surface area (Å²) in [6, 6.07) is 10.2. The highest BCUT2D eigenvalue weighted by atomic mass is 16.5. The molecule has 0 radical (unpaired) electrons. The number of fused-ring (bicyclic) bond motifs is 2. The van der Waals surface area contributed by atoms with Crippen molar-refractivity contribution in [2.24, 2.45) is 0 Å². The summed E-state index contributed by atoms with van der Waals surface area (Å²) in [7, 11) is 1.66. The third-order valence-electron chi connectivity index (χ3n) is 4.87. The van der Waals surface area contributed by atoms with Gasteiger partial charge in [0.15, 0.2) is 5.82 Å². The van der Waals surface area contributed by atoms with Crippen LogP contribution in [0.4, 0.5) is 10.6 Å². The first kappa shape index (κ1) is 14.9. The Kier molecular flexibility index (Phi) is 3.55. The fourth-order valence-electron chi connectivity index (χ4n) is 3.63. The smallest absolute Gasteiger partial charge is 0.407 e. The maximum Gasteiger partial charge on any atom is 0.407 e. The van der Waals surface area contributed by atoms with E-state index in [-0.39, 0.29) is 12.1 Å². The molecule has 24 heavy (non-hydrogen) atoms. The molecule has 0 aliphatic carbocycles. The van der Waals surface area contributed by atoms with Crippen LogP contribution in [-0.4, -0.2) is 58.2 Å². The van der Waals surface area contributed by atoms with Gasteiger partial charge in [0.05, 0.1) is 25.7 Å². The normalized spacial score (nSPS) is 22.2. The number of carbonyl (C=O) groups is 1. The van der Waals surface area contributed by atoms with Crippen LogP contribution in [0.25, 0.3) is 0 Å². The molecule has 7 nitrogen and oxygen atoms in total. The second-order valence-electron chi connectivity index (χ2n) is 6.36. The van der Waals surface area contributed by atoms with E-state index in [2.05, 4.69) is 10.00 Å². The summed E-state index contributed by atoms with van der Waals surface area (Å²) in [5.74, 6) is 1.76. The largest absolute Gasteiger partial charge is 0.497 e. The van der Waals surface area contributed by atoms with E-state index >= 15 is 0 Å². The van der Waals surface area contributed by atoms with E-state index in [1.807, 2.05) is 41.2 Å². The Morgan fingerprint density at radius 1 is 1.25 bits per heavy atom. The van der Waals surface area contributed by atoms with Gasteiger partial charge < -0.3 is 14.7 Å². The molecule has 3 fully saturated rings. The van der Waals surface area contributed by atoms with E-state index in [9.17, 15) is 9.90 Å². The van der Waals surface area contributed by atoms with Crippen molar-refractivity contribution >= 4 is 11.9 Å². The topological polar surface area (TPSA) is 70.8 Å². The lowest BCUT2D eigenvalue weighted by Gasteiger charge is -2.54. The Hall–Kier alpha value is -2.70. The van der Waals surface area contributed by atoms with Crippen molar-refractivity contribution in [2.45, 2.75) is 25.0 Å². The SMILES string of the molecule is COc1ccc(Cn2ccc(N3CC4CC(C3)N4C(=O)O)n2)cc1. The number of rotatable bonds is 4. The van der Waals surface area contributed by atoms with Crippen molar-refractivity contribution < 1.29 is 14.6 Å². The van der Waals surface area contributed by atoms with E-state index in [1.165, 1.54) is 0 Å². The van der Waals surface area contributed by atoms with E-state index in [4.69, 9.17) is 4.74 Å². The quantitative estimate of drug-likeness (QED) is 0.928. The molecule has 1 aromatic carbocycles. The number of piperazine rings is 1. The molecule has 0 saturated carbocycles. The van der Waals surface area contributed by atoms with Gasteiger partial charge in [0, 0.05) is 25.4 Å². The van der Waals surface area contributed by atoms with E-state index in [0.29, 0.717) is 6.54 Å². The monoisotopic (exact) mass is 328 g/mol. The number of ether oxygens (including phenoxy) is 1. The third-order valence-corrected chi connectivity index (χ3v) is 4.87. The highest BCUT2D eigenvalue weighted by Crippen LogP contribution is 2.34. The van der Waals surface area contributed by atoms with Gasteiger partial charge in [-0.05, 0) is 24.1 Å². The highest BCUT2D eigenvalue weighted by molar-refractivity contribution is 5.68. The molecule has 2 aromatic rings. The van der Waals surface area contributed by atoms with Gasteiger partial charge in [0.25, 0.3) is 0 Å². The highest BCUT2D eigenvalue weighted by Gasteiger charge is 2.47. The number of methoxy groups -OCH3 is 1. The van der Waals surface area contributed by atoms with Gasteiger partial charge in [-0.3, -0.25) is 9.58 Å². The molecule has 2 bridgehead atoms. The van der Waals surface area contributed by atoms with Gasteiger partial charge in [-0.2, -0.15) is 5.10 Å². The number of nitrogens with zero attached hydrogens (tertiary/aromatic N) is 4. The van der Waals surface area contributed by atoms with Gasteiger partial charge in [-0.25, -0.2) is 4.79 Å². The van der Waals surface area contributed by atoms with Crippen LogP contribution < -0.4 is 9.64 Å². The molecule has 2 unspecified atom stereocenters. The summed E-state index contributed by atoms with van der Waals surface area (Å²) in [5.41, 5.74) is 1.16. The first-order valence-corrected chi connectivity index (χ1v) is 8.06. The second-order valence-corrected chi connectivity index (χ2v) is 6.36. The average Bonchev–Trinajstić information content (AvgIpc) is 3.03. The molecule has 3 saturated heterocycles. The predicted molar refractivity (Wildman–Crippen MR) is 88.6 cm³/mol. The first-order valence-electron chi connectivity index (χ1n) is 8.06. The molecule has 2 atom stereocenters. The number of anilines is 1. The summed E-state index contributed by atoms with van der Waals surface area (Å²) in [6.07, 6.45) is 2.13. The Bertz CT molecular complexity index is 731. The third kappa shape index (κ3) is 2.55. The summed E-state index contributed by atoms with van der Waals surface area (Å²) < 4.78 is 7.08. The van der Waals surface area contributed by atoms with Gasteiger partial charge in [-0.15, -0.1) is 0 Å². The van der Waals surface area contributed by atoms with Crippen LogP contribution in [0.3, 0.4) is 0 Å². The zero-order valence-electron chi connectivity index (χ0n) is 13.5. The fourth-order valence-corrected chi connectivity index (χ4v) is 3.63. The molecule has 0 spiro atoms. The van der Waals surface area contributed by atoms with Crippen LogP contribution in [0, 0.1) is 0 Å². The van der Waals surface area contributed by atoms with Crippen LogP contribution in [0.1, 0.15) is 12.0 Å². The molecule has 3 aliphatic heterocycles. The molecule has 126 valence electrons. The number of benzene rings is 1. The number of hydrogen-bond acceptors (Lipinski definition) is 4. The first-order chi connectivity index (χ1) is 11.6. The van der Waals surface area contributed by atoms with Gasteiger partial charge >= 0.3 is 6.09 Å². The minimum Gasteiger partial charge on any atom is -0.497 e. The van der Waals surface area contributed by atoms with Crippen LogP contribution in [0.15, 0.2) is 36.5 Å². The molecular weight excluding hydrogens is 308 g/mol. The van der Waals surface area contributed by atoms with Gasteiger partial charge in [0.1, 0.15) is 5.75 Å². The van der Waals surface area contributed by atoms with Crippen LogP contribution >= 0.6 is 0 Å². The maximum atomic E-state index is 11.2. The van der Waals surface area contributed by atoms with Gasteiger partial charge in [0.2, 0.25) is 0 Å². The molecule has 1 aromatic heterocycles. The molecule has 1 N–H and O–H groups in total. The molecule has 1 amide bonds. The molecule has 4 heterocycles. The van der Waals surface area contributed by atoms with E-state index < -0.39 is 6.09 Å². The van der Waals surface area contributed by atoms with Crippen LogP contribution in [0.5, 0.6) is 5.75 Å². The fraction of sp³-hybridized carbons (Fsp3) is 0.412. The zero-order chi connectivity index (χ0) is 16.7. The van der Waals surface area contributed by atoms with Crippen molar-refractivity contribution in [3.05, 3.63) is 42.1 Å². The number of hydrogen-bond donors (Lipinski definition) is 1. The number of aromatic nitrogens is 2. The Morgan fingerprint density at radius 2 is 1.96 bits per heavy atom. The van der Waals surface area contributed by atoms with Crippen molar-refractivity contribution in [1.29, 1.82) is 0 Å².